The molecule has 0 aromatic heterocycles. The van der Waals surface area contributed by atoms with Crippen LogP contribution in [-0.4, -0.2) is 23.9 Å². The third-order valence-electron chi connectivity index (χ3n) is 3.41. The maximum absolute atomic E-state index is 11.4. The van der Waals surface area contributed by atoms with Crippen molar-refractivity contribution in [3.05, 3.63) is 12.7 Å². The van der Waals surface area contributed by atoms with Gasteiger partial charge in [0.2, 0.25) is 5.91 Å². The van der Waals surface area contributed by atoms with Gasteiger partial charge in [-0.25, -0.2) is 0 Å². The second-order valence-electron chi connectivity index (χ2n) is 4.33. The highest BCUT2D eigenvalue weighted by Crippen LogP contribution is 2.33. The molecular formula is C11H17NO. The Balaban J connectivity index is 2.06. The molecule has 2 heteroatoms. The summed E-state index contributed by atoms with van der Waals surface area (Å²) in [6, 6.07) is 0. The summed E-state index contributed by atoms with van der Waals surface area (Å²) in [7, 11) is 0. The zero-order valence-electron chi connectivity index (χ0n) is 8.04. The van der Waals surface area contributed by atoms with Crippen LogP contribution in [0.2, 0.25) is 0 Å². The summed E-state index contributed by atoms with van der Waals surface area (Å²) in [6.07, 6.45) is 6.75. The van der Waals surface area contributed by atoms with E-state index >= 15 is 0 Å². The summed E-state index contributed by atoms with van der Waals surface area (Å²) in [6.45, 7) is 5.49. The predicted molar refractivity (Wildman–Crippen MR) is 52.2 cm³/mol. The minimum Gasteiger partial charge on any atom is -0.339 e. The fourth-order valence-corrected chi connectivity index (χ4v) is 2.60. The van der Waals surface area contributed by atoms with Crippen molar-refractivity contribution >= 4 is 5.91 Å². The number of amides is 1. The van der Waals surface area contributed by atoms with E-state index in [-0.39, 0.29) is 5.91 Å². The summed E-state index contributed by atoms with van der Waals surface area (Å²) in [5.74, 6) is 1.66. The Kier molecular flexibility index (Phi) is 2.38. The molecule has 3 rings (SSSR count). The smallest absolute Gasteiger partial charge is 0.245 e. The second-order valence-corrected chi connectivity index (χ2v) is 4.33. The molecule has 0 aromatic carbocycles. The number of hydrogen-bond acceptors (Lipinski definition) is 1. The first-order chi connectivity index (χ1) is 6.29. The minimum atomic E-state index is 0.124. The van der Waals surface area contributed by atoms with Gasteiger partial charge in [-0.2, -0.15) is 0 Å². The van der Waals surface area contributed by atoms with Crippen LogP contribution in [0, 0.1) is 11.8 Å². The molecule has 3 fully saturated rings. The molecular weight excluding hydrogens is 162 g/mol. The van der Waals surface area contributed by atoms with Gasteiger partial charge in [0.25, 0.3) is 0 Å². The number of fused-ring (bicyclic) bond motifs is 4. The molecule has 1 aliphatic carbocycles. The van der Waals surface area contributed by atoms with Gasteiger partial charge in [-0.1, -0.05) is 6.58 Å². The van der Waals surface area contributed by atoms with Crippen LogP contribution in [0.1, 0.15) is 25.7 Å². The van der Waals surface area contributed by atoms with Gasteiger partial charge in [0.15, 0.2) is 0 Å². The summed E-state index contributed by atoms with van der Waals surface area (Å²) in [5.41, 5.74) is 0. The standard InChI is InChI=1S/C11H17NO/c1-2-11(13)12-7-9-3-4-10(8-12)6-5-9/h2,9-10H,1,3-8H2. The monoisotopic (exact) mass is 179 g/mol. The van der Waals surface area contributed by atoms with E-state index in [0.717, 1.165) is 24.9 Å². The SMILES string of the molecule is C=CC(=O)N1CC2CCC(CC2)C1. The van der Waals surface area contributed by atoms with E-state index in [1.54, 1.807) is 0 Å². The molecule has 0 aromatic rings. The van der Waals surface area contributed by atoms with E-state index in [1.807, 2.05) is 4.90 Å². The van der Waals surface area contributed by atoms with E-state index in [4.69, 9.17) is 0 Å². The number of carbonyl (C=O) groups excluding carboxylic acids is 1. The number of nitrogens with zero attached hydrogens (tertiary/aromatic N) is 1. The Morgan fingerprint density at radius 2 is 1.62 bits per heavy atom. The Labute approximate surface area is 79.6 Å². The van der Waals surface area contributed by atoms with Crippen molar-refractivity contribution < 1.29 is 4.79 Å². The molecule has 3 aliphatic rings. The van der Waals surface area contributed by atoms with Crippen LogP contribution in [0.4, 0.5) is 0 Å². The average Bonchev–Trinajstić information content (AvgIpc) is 2.49. The van der Waals surface area contributed by atoms with E-state index in [2.05, 4.69) is 6.58 Å². The van der Waals surface area contributed by atoms with Gasteiger partial charge >= 0.3 is 0 Å². The minimum absolute atomic E-state index is 0.124. The fourth-order valence-electron chi connectivity index (χ4n) is 2.60. The van der Waals surface area contributed by atoms with E-state index in [9.17, 15) is 4.79 Å². The third kappa shape index (κ3) is 1.77. The molecule has 0 unspecified atom stereocenters. The Bertz CT molecular complexity index is 202. The highest BCUT2D eigenvalue weighted by molar-refractivity contribution is 5.87. The van der Waals surface area contributed by atoms with Crippen molar-refractivity contribution in [3.63, 3.8) is 0 Å². The van der Waals surface area contributed by atoms with Gasteiger partial charge < -0.3 is 4.90 Å². The highest BCUT2D eigenvalue weighted by atomic mass is 16.2. The van der Waals surface area contributed by atoms with Crippen LogP contribution in [-0.2, 0) is 4.79 Å². The van der Waals surface area contributed by atoms with Gasteiger partial charge in [-0.05, 0) is 43.6 Å². The number of hydrogen-bond donors (Lipinski definition) is 0. The van der Waals surface area contributed by atoms with Gasteiger partial charge in [-0.15, -0.1) is 0 Å². The second kappa shape index (κ2) is 3.52. The fraction of sp³-hybridized carbons (Fsp3) is 0.727. The molecule has 1 amide bonds. The highest BCUT2D eigenvalue weighted by Gasteiger charge is 2.30. The van der Waals surface area contributed by atoms with Crippen LogP contribution in [0.15, 0.2) is 12.7 Å². The molecule has 1 saturated carbocycles. The normalized spacial score (nSPS) is 32.8. The lowest BCUT2D eigenvalue weighted by atomic mass is 9.84. The number of carbonyl (C=O) groups is 1. The third-order valence-corrected chi connectivity index (χ3v) is 3.41. The Hall–Kier alpha value is -0.790. The first-order valence-electron chi connectivity index (χ1n) is 5.21. The average molecular weight is 179 g/mol. The van der Waals surface area contributed by atoms with E-state index in [1.165, 1.54) is 31.8 Å². The van der Waals surface area contributed by atoms with E-state index < -0.39 is 0 Å². The summed E-state index contributed by atoms with van der Waals surface area (Å²) in [5, 5.41) is 0. The molecule has 2 heterocycles. The molecule has 0 radical (unpaired) electrons. The predicted octanol–water partition coefficient (Wildman–Crippen LogP) is 1.82. The van der Waals surface area contributed by atoms with Crippen LogP contribution >= 0.6 is 0 Å². The molecule has 2 aliphatic heterocycles. The first-order valence-corrected chi connectivity index (χ1v) is 5.21. The van der Waals surface area contributed by atoms with Crippen LogP contribution in [0.25, 0.3) is 0 Å². The van der Waals surface area contributed by atoms with Crippen molar-refractivity contribution in [2.75, 3.05) is 13.1 Å². The Morgan fingerprint density at radius 1 is 1.15 bits per heavy atom. The molecule has 2 nitrogen and oxygen atoms in total. The molecule has 13 heavy (non-hydrogen) atoms. The van der Waals surface area contributed by atoms with Crippen molar-refractivity contribution in [2.24, 2.45) is 11.8 Å². The topological polar surface area (TPSA) is 20.3 Å². The first kappa shape index (κ1) is 8.79. The molecule has 0 atom stereocenters. The zero-order chi connectivity index (χ0) is 9.26. The van der Waals surface area contributed by atoms with Gasteiger partial charge in [0.05, 0.1) is 0 Å². The van der Waals surface area contributed by atoms with Crippen molar-refractivity contribution in [2.45, 2.75) is 25.7 Å². The summed E-state index contributed by atoms with van der Waals surface area (Å²) < 4.78 is 0. The van der Waals surface area contributed by atoms with Crippen molar-refractivity contribution in [1.29, 1.82) is 0 Å². The maximum Gasteiger partial charge on any atom is 0.245 e. The largest absolute Gasteiger partial charge is 0.339 e. The summed E-state index contributed by atoms with van der Waals surface area (Å²) >= 11 is 0. The molecule has 72 valence electrons. The lowest BCUT2D eigenvalue weighted by molar-refractivity contribution is -0.126. The molecule has 0 spiro atoms. The van der Waals surface area contributed by atoms with Crippen LogP contribution in [0.5, 0.6) is 0 Å². The lowest BCUT2D eigenvalue weighted by Crippen LogP contribution is -2.33. The lowest BCUT2D eigenvalue weighted by Gasteiger charge is -2.20. The zero-order valence-corrected chi connectivity index (χ0v) is 8.04. The van der Waals surface area contributed by atoms with E-state index in [0.29, 0.717) is 0 Å². The van der Waals surface area contributed by atoms with Gasteiger partial charge in [0, 0.05) is 13.1 Å². The van der Waals surface area contributed by atoms with Gasteiger partial charge in [-0.3, -0.25) is 4.79 Å². The van der Waals surface area contributed by atoms with Crippen molar-refractivity contribution in [3.8, 4) is 0 Å². The molecule has 2 saturated heterocycles. The maximum atomic E-state index is 11.4. The molecule has 2 bridgehead atoms. The quantitative estimate of drug-likeness (QED) is 0.562. The van der Waals surface area contributed by atoms with Gasteiger partial charge in [0.1, 0.15) is 0 Å². The molecule has 0 N–H and O–H groups in total. The van der Waals surface area contributed by atoms with Crippen LogP contribution in [0.3, 0.4) is 0 Å². The van der Waals surface area contributed by atoms with Crippen molar-refractivity contribution in [1.82, 2.24) is 4.90 Å². The van der Waals surface area contributed by atoms with Crippen LogP contribution < -0.4 is 0 Å². The number of rotatable bonds is 1. The summed E-state index contributed by atoms with van der Waals surface area (Å²) in [4.78, 5) is 13.4. The Morgan fingerprint density at radius 3 is 2.00 bits per heavy atom.